The molecule has 1 aromatic heterocycles. The molecule has 7 heavy (non-hydrogen) atoms. The largest absolute Gasteiger partial charge is 0.484 e. The van der Waals surface area contributed by atoms with E-state index in [1.54, 1.807) is 0 Å². The maximum Gasteiger partial charge on any atom is 0 e. The van der Waals surface area contributed by atoms with Gasteiger partial charge in [-0.25, -0.2) is 0 Å². The Morgan fingerprint density at radius 1 is 1.71 bits per heavy atom. The van der Waals surface area contributed by atoms with Crippen LogP contribution in [0.3, 0.4) is 0 Å². The van der Waals surface area contributed by atoms with Gasteiger partial charge in [0.05, 0.1) is 0 Å². The van der Waals surface area contributed by atoms with E-state index in [4.69, 9.17) is 0 Å². The van der Waals surface area contributed by atoms with Crippen LogP contribution in [0.5, 0.6) is 0 Å². The Hall–Kier alpha value is 0.384. The Kier molecular flexibility index (Phi) is 3.58. The van der Waals surface area contributed by atoms with Gasteiger partial charge in [-0.2, -0.15) is 17.8 Å². The Bertz CT molecular complexity index is 112. The average molecular weight is 169 g/mol. The van der Waals surface area contributed by atoms with E-state index in [-0.39, 0.29) is 32.7 Å². The predicted octanol–water partition coefficient (Wildman–Crippen LogP) is 1.12. The quantitative estimate of drug-likeness (QED) is 0.560. The number of hydrogen-bond acceptors (Lipinski definition) is 0. The van der Waals surface area contributed by atoms with Crippen LogP contribution in [0.1, 0.15) is 5.56 Å². The van der Waals surface area contributed by atoms with E-state index in [2.05, 4.69) is 11.2 Å². The molecule has 1 N–H and O–H groups in total. The molecule has 1 rings (SSSR count). The zero-order valence-corrected chi connectivity index (χ0v) is 7.07. The van der Waals surface area contributed by atoms with Gasteiger partial charge >= 0.3 is 0 Å². The third-order valence-electron chi connectivity index (χ3n) is 0.686. The summed E-state index contributed by atoms with van der Waals surface area (Å²) in [6.45, 7) is 2.00. The van der Waals surface area contributed by atoms with Gasteiger partial charge in [-0.05, 0) is 0 Å². The summed E-state index contributed by atoms with van der Waals surface area (Å²) in [5.74, 6) is 0. The van der Waals surface area contributed by atoms with Crippen molar-refractivity contribution in [2.45, 2.75) is 6.92 Å². The van der Waals surface area contributed by atoms with E-state index in [1.165, 1.54) is 0 Å². The van der Waals surface area contributed by atoms with Gasteiger partial charge in [-0.1, -0.05) is 6.92 Å². The molecular weight excluding hydrogens is 163 g/mol. The molecule has 35 valence electrons. The molecule has 0 aliphatic heterocycles. The van der Waals surface area contributed by atoms with Crippen molar-refractivity contribution in [2.75, 3.05) is 0 Å². The third-order valence-corrected chi connectivity index (χ3v) is 0.686. The number of nitrogens with one attached hydrogen (secondary N) is 1. The van der Waals surface area contributed by atoms with Gasteiger partial charge in [0.25, 0.3) is 0 Å². The number of H-pyrrole nitrogens is 1. The maximum atomic E-state index is 2.88. The van der Waals surface area contributed by atoms with Crippen molar-refractivity contribution in [3.63, 3.8) is 0 Å². The number of aromatic amines is 1. The van der Waals surface area contributed by atoms with Crippen molar-refractivity contribution in [3.05, 3.63) is 24.0 Å². The molecule has 1 nitrogen and oxygen atoms in total. The first kappa shape index (κ1) is 7.38. The first-order valence-electron chi connectivity index (χ1n) is 1.91. The molecule has 0 spiro atoms. The van der Waals surface area contributed by atoms with E-state index >= 15 is 0 Å². The third kappa shape index (κ3) is 2.25. The van der Waals surface area contributed by atoms with Crippen LogP contribution in [0.25, 0.3) is 0 Å². The molecule has 0 atom stereocenters. The molecule has 0 aromatic carbocycles. The molecule has 0 unspecified atom stereocenters. The van der Waals surface area contributed by atoms with Gasteiger partial charge in [-0.3, -0.25) is 0 Å². The summed E-state index contributed by atoms with van der Waals surface area (Å²) in [4.78, 5) is 2.80. The van der Waals surface area contributed by atoms with Crippen molar-refractivity contribution >= 4 is 0 Å². The van der Waals surface area contributed by atoms with Crippen LogP contribution in [-0.4, -0.2) is 4.98 Å². The van der Waals surface area contributed by atoms with Gasteiger partial charge in [0.2, 0.25) is 0 Å². The smallest absolute Gasteiger partial charge is 0 e. The summed E-state index contributed by atoms with van der Waals surface area (Å²) in [5.41, 5.74) is 1.16. The normalized spacial score (nSPS) is 7.57. The summed E-state index contributed by atoms with van der Waals surface area (Å²) in [7, 11) is 0. The second kappa shape index (κ2) is 3.39. The predicted molar refractivity (Wildman–Crippen MR) is 24.4 cm³/mol. The number of hydrogen-bond donors (Lipinski definition) is 1. The average Bonchev–Trinajstić information content (AvgIpc) is 1.86. The minimum Gasteiger partial charge on any atom is -0.484 e. The minimum absolute atomic E-state index is 0. The summed E-state index contributed by atoms with van der Waals surface area (Å²) in [5, 5.41) is 0. The standard InChI is InChI=1S/C5H6N.Y/c1-5-2-3-6-4-5;/h2-3,6H,1H3;/q-1;. The number of rotatable bonds is 0. The van der Waals surface area contributed by atoms with Gasteiger partial charge in [0.1, 0.15) is 0 Å². The van der Waals surface area contributed by atoms with Crippen LogP contribution in [0, 0.1) is 13.1 Å². The summed E-state index contributed by atoms with van der Waals surface area (Å²) >= 11 is 0. The molecule has 0 amide bonds. The van der Waals surface area contributed by atoms with Gasteiger partial charge in [0.15, 0.2) is 0 Å². The molecule has 0 bridgehead atoms. The fourth-order valence-corrected chi connectivity index (χ4v) is 0.364. The molecular formula is C5H6NY-. The minimum atomic E-state index is 0. The molecule has 0 saturated carbocycles. The molecule has 1 heterocycles. The van der Waals surface area contributed by atoms with Crippen molar-refractivity contribution < 1.29 is 32.7 Å². The van der Waals surface area contributed by atoms with Gasteiger partial charge < -0.3 is 4.98 Å². The maximum absolute atomic E-state index is 2.88. The molecule has 0 saturated heterocycles. The Balaban J connectivity index is 0.000000360. The SMILES string of the molecule is Cc1[c-][nH]cc1.[Y]. The fourth-order valence-electron chi connectivity index (χ4n) is 0.364. The Labute approximate surface area is 68.4 Å². The molecule has 1 aromatic rings. The first-order chi connectivity index (χ1) is 2.89. The molecule has 0 aliphatic rings. The van der Waals surface area contributed by atoms with E-state index in [0.29, 0.717) is 0 Å². The van der Waals surface area contributed by atoms with E-state index in [0.717, 1.165) is 5.56 Å². The summed E-state index contributed by atoms with van der Waals surface area (Å²) in [6, 6.07) is 1.97. The monoisotopic (exact) mass is 169 g/mol. The molecule has 0 fully saturated rings. The molecule has 2 heteroatoms. The molecule has 0 aliphatic carbocycles. The van der Waals surface area contributed by atoms with Crippen LogP contribution < -0.4 is 0 Å². The van der Waals surface area contributed by atoms with Crippen LogP contribution in [-0.2, 0) is 32.7 Å². The van der Waals surface area contributed by atoms with Crippen molar-refractivity contribution in [2.24, 2.45) is 0 Å². The van der Waals surface area contributed by atoms with E-state index in [1.807, 2.05) is 19.2 Å². The van der Waals surface area contributed by atoms with Crippen molar-refractivity contribution in [3.8, 4) is 0 Å². The molecule has 1 radical (unpaired) electrons. The number of aryl methyl sites for hydroxylation is 1. The summed E-state index contributed by atoms with van der Waals surface area (Å²) in [6.07, 6.45) is 4.73. The van der Waals surface area contributed by atoms with E-state index < -0.39 is 0 Å². The second-order valence-electron chi connectivity index (χ2n) is 1.29. The van der Waals surface area contributed by atoms with Crippen molar-refractivity contribution in [1.29, 1.82) is 0 Å². The first-order valence-corrected chi connectivity index (χ1v) is 1.91. The number of aromatic nitrogens is 1. The zero-order chi connectivity index (χ0) is 4.41. The van der Waals surface area contributed by atoms with Gasteiger partial charge in [0, 0.05) is 32.7 Å². The van der Waals surface area contributed by atoms with Crippen LogP contribution in [0.15, 0.2) is 12.3 Å². The van der Waals surface area contributed by atoms with Crippen molar-refractivity contribution in [1.82, 2.24) is 4.98 Å². The summed E-state index contributed by atoms with van der Waals surface area (Å²) < 4.78 is 0. The second-order valence-corrected chi connectivity index (χ2v) is 1.29. The van der Waals surface area contributed by atoms with Gasteiger partial charge in [-0.15, -0.1) is 6.20 Å². The van der Waals surface area contributed by atoms with Crippen LogP contribution in [0.2, 0.25) is 0 Å². The zero-order valence-electron chi connectivity index (χ0n) is 4.23. The van der Waals surface area contributed by atoms with Crippen LogP contribution >= 0.6 is 0 Å². The van der Waals surface area contributed by atoms with E-state index in [9.17, 15) is 0 Å². The Morgan fingerprint density at radius 3 is 2.57 bits per heavy atom. The topological polar surface area (TPSA) is 15.8 Å². The fraction of sp³-hybridized carbons (Fsp3) is 0.200. The Morgan fingerprint density at radius 2 is 2.43 bits per heavy atom. The van der Waals surface area contributed by atoms with Crippen LogP contribution in [0.4, 0.5) is 0 Å².